The Kier molecular flexibility index (Phi) is 2.88. The van der Waals surface area contributed by atoms with Crippen LogP contribution < -0.4 is 10.5 Å². The second-order valence-electron chi connectivity index (χ2n) is 3.67. The maximum absolute atomic E-state index is 5.65. The molecule has 1 aromatic rings. The van der Waals surface area contributed by atoms with E-state index in [1.165, 1.54) is 0 Å². The summed E-state index contributed by atoms with van der Waals surface area (Å²) in [6.07, 6.45) is 1.74. The quantitative estimate of drug-likeness (QED) is 0.763. The monoisotopic (exact) mass is 180 g/mol. The summed E-state index contributed by atoms with van der Waals surface area (Å²) in [6.45, 7) is 4.71. The van der Waals surface area contributed by atoms with Gasteiger partial charge in [-0.2, -0.15) is 0 Å². The van der Waals surface area contributed by atoms with Crippen molar-refractivity contribution in [2.75, 3.05) is 13.7 Å². The predicted molar refractivity (Wildman–Crippen MR) is 52.9 cm³/mol. The first kappa shape index (κ1) is 9.99. The molecule has 3 heteroatoms. The summed E-state index contributed by atoms with van der Waals surface area (Å²) in [5, 5.41) is 0. The van der Waals surface area contributed by atoms with E-state index >= 15 is 0 Å². The van der Waals surface area contributed by atoms with Gasteiger partial charge < -0.3 is 10.5 Å². The van der Waals surface area contributed by atoms with E-state index in [1.807, 2.05) is 12.1 Å². The highest BCUT2D eigenvalue weighted by atomic mass is 16.5. The molecule has 0 spiro atoms. The van der Waals surface area contributed by atoms with Crippen LogP contribution in [0.25, 0.3) is 0 Å². The highest BCUT2D eigenvalue weighted by Crippen LogP contribution is 2.22. The van der Waals surface area contributed by atoms with Gasteiger partial charge in [0.05, 0.1) is 12.8 Å². The molecular formula is C10H16N2O. The molecule has 0 fully saturated rings. The standard InChI is InChI=1S/C10H16N2O/c1-10(2,7-11)9-6-8(13-3)4-5-12-9/h4-6H,7,11H2,1-3H3. The minimum absolute atomic E-state index is 0.0887. The molecule has 0 atom stereocenters. The molecule has 0 saturated heterocycles. The molecule has 3 nitrogen and oxygen atoms in total. The number of hydrogen-bond donors (Lipinski definition) is 1. The van der Waals surface area contributed by atoms with Gasteiger partial charge in [-0.15, -0.1) is 0 Å². The summed E-state index contributed by atoms with van der Waals surface area (Å²) in [5.41, 5.74) is 6.53. The smallest absolute Gasteiger partial charge is 0.122 e. The van der Waals surface area contributed by atoms with Gasteiger partial charge in [-0.25, -0.2) is 0 Å². The van der Waals surface area contributed by atoms with Crippen LogP contribution in [0.3, 0.4) is 0 Å². The van der Waals surface area contributed by atoms with Crippen LogP contribution in [0.15, 0.2) is 18.3 Å². The summed E-state index contributed by atoms with van der Waals surface area (Å²) in [7, 11) is 1.65. The highest BCUT2D eigenvalue weighted by molar-refractivity contribution is 5.26. The van der Waals surface area contributed by atoms with Crippen molar-refractivity contribution in [3.05, 3.63) is 24.0 Å². The average Bonchev–Trinajstić information content (AvgIpc) is 2.18. The van der Waals surface area contributed by atoms with Crippen LogP contribution in [0.5, 0.6) is 5.75 Å². The van der Waals surface area contributed by atoms with Crippen LogP contribution in [0.4, 0.5) is 0 Å². The Bertz CT molecular complexity index is 284. The van der Waals surface area contributed by atoms with Crippen LogP contribution in [-0.2, 0) is 5.41 Å². The number of aromatic nitrogens is 1. The van der Waals surface area contributed by atoms with Gasteiger partial charge in [-0.1, -0.05) is 13.8 Å². The molecule has 72 valence electrons. The van der Waals surface area contributed by atoms with E-state index in [0.717, 1.165) is 11.4 Å². The first-order chi connectivity index (χ1) is 6.10. The Balaban J connectivity index is 3.01. The Morgan fingerprint density at radius 1 is 1.54 bits per heavy atom. The predicted octanol–water partition coefficient (Wildman–Crippen LogP) is 1.33. The van der Waals surface area contributed by atoms with Crippen molar-refractivity contribution < 1.29 is 4.74 Å². The Labute approximate surface area is 78.9 Å². The van der Waals surface area contributed by atoms with Gasteiger partial charge in [0.1, 0.15) is 5.75 Å². The van der Waals surface area contributed by atoms with Gasteiger partial charge in [0, 0.05) is 24.2 Å². The lowest BCUT2D eigenvalue weighted by Crippen LogP contribution is -2.29. The number of nitrogens with two attached hydrogens (primary N) is 1. The molecule has 13 heavy (non-hydrogen) atoms. The fraction of sp³-hybridized carbons (Fsp3) is 0.500. The van der Waals surface area contributed by atoms with E-state index in [2.05, 4.69) is 18.8 Å². The van der Waals surface area contributed by atoms with Crippen molar-refractivity contribution in [1.82, 2.24) is 4.98 Å². The summed E-state index contributed by atoms with van der Waals surface area (Å²) in [4.78, 5) is 4.27. The molecule has 1 heterocycles. The zero-order valence-electron chi connectivity index (χ0n) is 8.37. The number of ether oxygens (including phenoxy) is 1. The topological polar surface area (TPSA) is 48.1 Å². The lowest BCUT2D eigenvalue weighted by atomic mass is 9.89. The van der Waals surface area contributed by atoms with Crippen molar-refractivity contribution in [3.63, 3.8) is 0 Å². The van der Waals surface area contributed by atoms with E-state index in [9.17, 15) is 0 Å². The summed E-state index contributed by atoms with van der Waals surface area (Å²) in [5.74, 6) is 0.825. The number of methoxy groups -OCH3 is 1. The lowest BCUT2D eigenvalue weighted by molar-refractivity contribution is 0.410. The molecule has 0 aliphatic carbocycles. The highest BCUT2D eigenvalue weighted by Gasteiger charge is 2.20. The van der Waals surface area contributed by atoms with E-state index < -0.39 is 0 Å². The SMILES string of the molecule is COc1ccnc(C(C)(C)CN)c1. The molecule has 0 amide bonds. The largest absolute Gasteiger partial charge is 0.497 e. The molecule has 0 radical (unpaired) electrons. The van der Waals surface area contributed by atoms with E-state index in [0.29, 0.717) is 6.54 Å². The third-order valence-corrected chi connectivity index (χ3v) is 2.17. The molecule has 0 bridgehead atoms. The van der Waals surface area contributed by atoms with E-state index in [1.54, 1.807) is 13.3 Å². The zero-order valence-corrected chi connectivity index (χ0v) is 8.37. The minimum Gasteiger partial charge on any atom is -0.497 e. The first-order valence-corrected chi connectivity index (χ1v) is 4.31. The Hall–Kier alpha value is -1.09. The Morgan fingerprint density at radius 3 is 2.77 bits per heavy atom. The van der Waals surface area contributed by atoms with Crippen LogP contribution in [-0.4, -0.2) is 18.6 Å². The van der Waals surface area contributed by atoms with Gasteiger partial charge in [0.15, 0.2) is 0 Å². The van der Waals surface area contributed by atoms with E-state index in [4.69, 9.17) is 10.5 Å². The molecule has 1 aromatic heterocycles. The van der Waals surface area contributed by atoms with Crippen molar-refractivity contribution in [3.8, 4) is 5.75 Å². The van der Waals surface area contributed by atoms with Crippen molar-refractivity contribution in [2.24, 2.45) is 5.73 Å². The lowest BCUT2D eigenvalue weighted by Gasteiger charge is -2.21. The summed E-state index contributed by atoms with van der Waals surface area (Å²) < 4.78 is 5.11. The molecule has 0 aliphatic heterocycles. The van der Waals surface area contributed by atoms with Crippen LogP contribution in [0, 0.1) is 0 Å². The minimum atomic E-state index is -0.0887. The number of nitrogens with zero attached hydrogens (tertiary/aromatic N) is 1. The maximum atomic E-state index is 5.65. The molecular weight excluding hydrogens is 164 g/mol. The number of rotatable bonds is 3. The third kappa shape index (κ3) is 2.18. The molecule has 0 aromatic carbocycles. The fourth-order valence-corrected chi connectivity index (χ4v) is 1.01. The van der Waals surface area contributed by atoms with Gasteiger partial charge in [-0.3, -0.25) is 4.98 Å². The Morgan fingerprint density at radius 2 is 2.23 bits per heavy atom. The van der Waals surface area contributed by atoms with Gasteiger partial charge in [0.2, 0.25) is 0 Å². The van der Waals surface area contributed by atoms with Gasteiger partial charge in [-0.05, 0) is 6.07 Å². The van der Waals surface area contributed by atoms with Gasteiger partial charge >= 0.3 is 0 Å². The normalized spacial score (nSPS) is 11.4. The molecule has 1 rings (SSSR count). The molecule has 0 aliphatic rings. The van der Waals surface area contributed by atoms with Gasteiger partial charge in [0.25, 0.3) is 0 Å². The second-order valence-corrected chi connectivity index (χ2v) is 3.67. The zero-order chi connectivity index (χ0) is 9.90. The van der Waals surface area contributed by atoms with Crippen LogP contribution in [0.2, 0.25) is 0 Å². The maximum Gasteiger partial charge on any atom is 0.122 e. The van der Waals surface area contributed by atoms with Crippen molar-refractivity contribution in [1.29, 1.82) is 0 Å². The third-order valence-electron chi connectivity index (χ3n) is 2.17. The molecule has 0 unspecified atom stereocenters. The number of hydrogen-bond acceptors (Lipinski definition) is 3. The van der Waals surface area contributed by atoms with Crippen LogP contribution >= 0.6 is 0 Å². The number of pyridine rings is 1. The summed E-state index contributed by atoms with van der Waals surface area (Å²) in [6, 6.07) is 3.75. The van der Waals surface area contributed by atoms with Crippen molar-refractivity contribution in [2.45, 2.75) is 19.3 Å². The molecule has 0 saturated carbocycles. The first-order valence-electron chi connectivity index (χ1n) is 4.31. The van der Waals surface area contributed by atoms with Crippen molar-refractivity contribution >= 4 is 0 Å². The summed E-state index contributed by atoms with van der Waals surface area (Å²) >= 11 is 0. The second kappa shape index (κ2) is 3.75. The fourth-order valence-electron chi connectivity index (χ4n) is 1.01. The van der Waals surface area contributed by atoms with E-state index in [-0.39, 0.29) is 5.41 Å². The average molecular weight is 180 g/mol. The van der Waals surface area contributed by atoms with Crippen LogP contribution in [0.1, 0.15) is 19.5 Å². The molecule has 2 N–H and O–H groups in total.